The Hall–Kier alpha value is -3.47. The number of aromatic nitrogens is 3. The Balaban J connectivity index is 1.70. The number of aromatic hydroxyl groups is 1. The molecule has 3 N–H and O–H groups in total. The molecule has 1 unspecified atom stereocenters. The van der Waals surface area contributed by atoms with Crippen LogP contribution < -0.4 is 5.32 Å². The molecule has 174 valence electrons. The number of carbonyl (C=O) groups is 1. The minimum absolute atomic E-state index is 0.0474. The number of pyridine rings is 1. The number of likely N-dealkylation sites (tertiary alicyclic amines) is 1. The highest BCUT2D eigenvalue weighted by atomic mass is 19.4. The second-order valence-corrected chi connectivity index (χ2v) is 8.09. The van der Waals surface area contributed by atoms with Crippen LogP contribution in [-0.2, 0) is 11.0 Å². The summed E-state index contributed by atoms with van der Waals surface area (Å²) < 4.78 is 39.3. The van der Waals surface area contributed by atoms with Crippen molar-refractivity contribution in [3.63, 3.8) is 0 Å². The summed E-state index contributed by atoms with van der Waals surface area (Å²) in [7, 11) is 0. The smallest absolute Gasteiger partial charge is 0.416 e. The SMILES string of the molecule is Cc1cc(C(F)(F)F)cc(O)c1-c1nnc(NC2CCCN(CC(=O)O)C2)c2ncccc12. The van der Waals surface area contributed by atoms with E-state index in [1.54, 1.807) is 18.3 Å². The van der Waals surface area contributed by atoms with Crippen LogP contribution in [0.2, 0.25) is 0 Å². The van der Waals surface area contributed by atoms with Crippen LogP contribution in [0.4, 0.5) is 19.0 Å². The van der Waals surface area contributed by atoms with Gasteiger partial charge in [-0.2, -0.15) is 13.2 Å². The lowest BCUT2D eigenvalue weighted by atomic mass is 9.98. The summed E-state index contributed by atoms with van der Waals surface area (Å²) in [6.07, 6.45) is -1.39. The number of aliphatic carboxylic acids is 1. The molecule has 3 aromatic rings. The Kier molecular flexibility index (Phi) is 6.07. The van der Waals surface area contributed by atoms with Gasteiger partial charge in [-0.25, -0.2) is 0 Å². The van der Waals surface area contributed by atoms with E-state index in [-0.39, 0.29) is 29.4 Å². The van der Waals surface area contributed by atoms with Gasteiger partial charge in [0.2, 0.25) is 0 Å². The highest BCUT2D eigenvalue weighted by Crippen LogP contribution is 2.40. The predicted molar refractivity (Wildman–Crippen MR) is 115 cm³/mol. The van der Waals surface area contributed by atoms with E-state index in [4.69, 9.17) is 5.11 Å². The van der Waals surface area contributed by atoms with Gasteiger partial charge in [-0.1, -0.05) is 0 Å². The number of aryl methyl sites for hydroxylation is 1. The molecule has 0 radical (unpaired) electrons. The zero-order valence-electron chi connectivity index (χ0n) is 17.7. The predicted octanol–water partition coefficient (Wildman–Crippen LogP) is 3.69. The minimum atomic E-state index is -4.58. The fourth-order valence-electron chi connectivity index (χ4n) is 4.21. The molecule has 1 aliphatic heterocycles. The van der Waals surface area contributed by atoms with E-state index in [2.05, 4.69) is 20.5 Å². The van der Waals surface area contributed by atoms with Crippen LogP contribution in [0.1, 0.15) is 24.0 Å². The maximum Gasteiger partial charge on any atom is 0.416 e. The summed E-state index contributed by atoms with van der Waals surface area (Å²) in [6.45, 7) is 2.64. The molecule has 1 fully saturated rings. The second kappa shape index (κ2) is 8.81. The van der Waals surface area contributed by atoms with Gasteiger partial charge in [0.15, 0.2) is 5.82 Å². The molecule has 1 saturated heterocycles. The van der Waals surface area contributed by atoms with Crippen LogP contribution in [0.15, 0.2) is 30.5 Å². The number of benzene rings is 1. The fourth-order valence-corrected chi connectivity index (χ4v) is 4.21. The highest BCUT2D eigenvalue weighted by Gasteiger charge is 2.32. The number of anilines is 1. The van der Waals surface area contributed by atoms with Gasteiger partial charge in [0, 0.05) is 29.7 Å². The average Bonchev–Trinajstić information content (AvgIpc) is 2.74. The average molecular weight is 461 g/mol. The topological polar surface area (TPSA) is 111 Å². The first kappa shape index (κ1) is 22.7. The van der Waals surface area contributed by atoms with E-state index in [1.165, 1.54) is 6.92 Å². The zero-order valence-corrected chi connectivity index (χ0v) is 17.7. The molecule has 0 amide bonds. The summed E-state index contributed by atoms with van der Waals surface area (Å²) in [5.41, 5.74) is 0.0997. The molecular weight excluding hydrogens is 439 g/mol. The van der Waals surface area contributed by atoms with Crippen molar-refractivity contribution in [2.75, 3.05) is 25.0 Å². The van der Waals surface area contributed by atoms with Crippen LogP contribution in [-0.4, -0.2) is 61.9 Å². The number of fused-ring (bicyclic) bond motifs is 1. The van der Waals surface area contributed by atoms with Crippen molar-refractivity contribution in [2.45, 2.75) is 32.0 Å². The second-order valence-electron chi connectivity index (χ2n) is 8.09. The number of hydrogen-bond acceptors (Lipinski definition) is 7. The van der Waals surface area contributed by atoms with Crippen molar-refractivity contribution in [3.8, 4) is 17.0 Å². The first-order chi connectivity index (χ1) is 15.6. The Morgan fingerprint density at radius 2 is 2.09 bits per heavy atom. The lowest BCUT2D eigenvalue weighted by Gasteiger charge is -2.32. The van der Waals surface area contributed by atoms with E-state index in [9.17, 15) is 23.1 Å². The van der Waals surface area contributed by atoms with Gasteiger partial charge in [-0.3, -0.25) is 14.7 Å². The van der Waals surface area contributed by atoms with Crippen molar-refractivity contribution in [2.24, 2.45) is 0 Å². The van der Waals surface area contributed by atoms with Crippen molar-refractivity contribution in [1.29, 1.82) is 0 Å². The molecule has 8 nitrogen and oxygen atoms in total. The van der Waals surface area contributed by atoms with Gasteiger partial charge in [0.05, 0.1) is 12.1 Å². The number of nitrogens with zero attached hydrogens (tertiary/aromatic N) is 4. The quantitative estimate of drug-likeness (QED) is 0.528. The number of rotatable bonds is 5. The number of phenolic OH excluding ortho intramolecular Hbond substituents is 1. The van der Waals surface area contributed by atoms with E-state index in [0.29, 0.717) is 35.9 Å². The molecule has 1 aromatic carbocycles. The van der Waals surface area contributed by atoms with Gasteiger partial charge < -0.3 is 15.5 Å². The zero-order chi connectivity index (χ0) is 23.8. The Labute approximate surface area is 187 Å². The molecule has 0 aliphatic carbocycles. The van der Waals surface area contributed by atoms with Gasteiger partial charge in [-0.15, -0.1) is 10.2 Å². The first-order valence-corrected chi connectivity index (χ1v) is 10.4. The fraction of sp³-hybridized carbons (Fsp3) is 0.364. The summed E-state index contributed by atoms with van der Waals surface area (Å²) in [6, 6.07) is 4.96. The van der Waals surface area contributed by atoms with Crippen LogP contribution in [0, 0.1) is 6.92 Å². The minimum Gasteiger partial charge on any atom is -0.507 e. The van der Waals surface area contributed by atoms with Crippen molar-refractivity contribution >= 4 is 22.7 Å². The van der Waals surface area contributed by atoms with Crippen molar-refractivity contribution in [3.05, 3.63) is 41.6 Å². The van der Waals surface area contributed by atoms with E-state index < -0.39 is 23.5 Å². The van der Waals surface area contributed by atoms with E-state index in [0.717, 1.165) is 18.9 Å². The Bertz CT molecular complexity index is 1180. The summed E-state index contributed by atoms with van der Waals surface area (Å²) >= 11 is 0. The van der Waals surface area contributed by atoms with Crippen LogP contribution in [0.25, 0.3) is 22.2 Å². The van der Waals surface area contributed by atoms with Crippen molar-refractivity contribution < 1.29 is 28.2 Å². The lowest BCUT2D eigenvalue weighted by molar-refractivity contribution is -0.139. The van der Waals surface area contributed by atoms with Crippen molar-refractivity contribution in [1.82, 2.24) is 20.1 Å². The lowest BCUT2D eigenvalue weighted by Crippen LogP contribution is -2.44. The third-order valence-corrected chi connectivity index (χ3v) is 5.62. The molecule has 2 aromatic heterocycles. The molecule has 0 spiro atoms. The Morgan fingerprint density at radius 1 is 1.30 bits per heavy atom. The molecule has 3 heterocycles. The first-order valence-electron chi connectivity index (χ1n) is 10.4. The molecule has 33 heavy (non-hydrogen) atoms. The molecular formula is C22H22F3N5O3. The molecule has 1 atom stereocenters. The standard InChI is InChI=1S/C22H22F3N5O3/c1-12-8-13(22(23,24)25)9-16(31)18(12)19-15-5-2-6-26-20(15)21(29-28-19)27-14-4-3-7-30(10-14)11-17(32)33/h2,5-6,8-9,14,31H,3-4,7,10-11H2,1H3,(H,27,29)(H,32,33). The third kappa shape index (κ3) is 4.82. The summed E-state index contributed by atoms with van der Waals surface area (Å²) in [5.74, 6) is -1.04. The summed E-state index contributed by atoms with van der Waals surface area (Å²) in [4.78, 5) is 17.3. The molecule has 1 aliphatic rings. The molecule has 4 rings (SSSR count). The van der Waals surface area contributed by atoms with Crippen LogP contribution in [0.3, 0.4) is 0 Å². The number of carboxylic acids is 1. The largest absolute Gasteiger partial charge is 0.507 e. The maximum absolute atomic E-state index is 13.1. The van der Waals surface area contributed by atoms with E-state index in [1.807, 2.05) is 4.90 Å². The number of carboxylic acid groups (broad SMARTS) is 1. The van der Waals surface area contributed by atoms with E-state index >= 15 is 0 Å². The monoisotopic (exact) mass is 461 g/mol. The number of piperidine rings is 1. The van der Waals surface area contributed by atoms with Gasteiger partial charge in [0.25, 0.3) is 0 Å². The summed E-state index contributed by atoms with van der Waals surface area (Å²) in [5, 5.41) is 31.7. The van der Waals surface area contributed by atoms with Crippen LogP contribution >= 0.6 is 0 Å². The highest BCUT2D eigenvalue weighted by molar-refractivity contribution is 5.99. The van der Waals surface area contributed by atoms with Gasteiger partial charge in [-0.05, 0) is 56.1 Å². The maximum atomic E-state index is 13.1. The third-order valence-electron chi connectivity index (χ3n) is 5.62. The number of halogens is 3. The molecule has 0 bridgehead atoms. The normalized spacial score (nSPS) is 17.3. The number of nitrogens with one attached hydrogen (secondary N) is 1. The Morgan fingerprint density at radius 3 is 2.79 bits per heavy atom. The number of alkyl halides is 3. The van der Waals surface area contributed by atoms with Gasteiger partial charge >= 0.3 is 12.1 Å². The molecule has 11 heteroatoms. The van der Waals surface area contributed by atoms with Crippen LogP contribution in [0.5, 0.6) is 5.75 Å². The number of phenols is 1. The number of hydrogen-bond donors (Lipinski definition) is 3. The van der Waals surface area contributed by atoms with Gasteiger partial charge in [0.1, 0.15) is 17.0 Å². The molecule has 0 saturated carbocycles.